The predicted molar refractivity (Wildman–Crippen MR) is 202 cm³/mol. The fourth-order valence-electron chi connectivity index (χ4n) is 4.67. The van der Waals surface area contributed by atoms with E-state index in [0.717, 1.165) is 31.4 Å². The molecule has 0 bridgehead atoms. The number of carbonyl (C=O) groups is 7. The molecule has 17 heteroatoms. The van der Waals surface area contributed by atoms with Crippen molar-refractivity contribution in [2.24, 2.45) is 0 Å². The number of hydrogen-bond donors (Lipinski definition) is 1. The molecule has 3 rings (SSSR count). The van der Waals surface area contributed by atoms with Crippen molar-refractivity contribution in [1.82, 2.24) is 20.0 Å². The van der Waals surface area contributed by atoms with E-state index in [0.29, 0.717) is 0 Å². The van der Waals surface area contributed by atoms with E-state index in [-0.39, 0.29) is 26.2 Å². The second-order valence-corrected chi connectivity index (χ2v) is 12.9. The minimum atomic E-state index is -1.86. The minimum absolute atomic E-state index is 0.0399. The van der Waals surface area contributed by atoms with Crippen LogP contribution in [0.25, 0.3) is 0 Å². The molecule has 0 saturated heterocycles. The zero-order chi connectivity index (χ0) is 41.6. The summed E-state index contributed by atoms with van der Waals surface area (Å²) in [4.78, 5) is 92.2. The lowest BCUT2D eigenvalue weighted by molar-refractivity contribution is -0.160. The van der Waals surface area contributed by atoms with Gasteiger partial charge in [-0.15, -0.1) is 0 Å². The monoisotopic (exact) mass is 792 g/mol. The highest BCUT2D eigenvalue weighted by atomic mass is 16.6. The van der Waals surface area contributed by atoms with Crippen LogP contribution in [0.1, 0.15) is 30.0 Å². The highest BCUT2D eigenvalue weighted by Crippen LogP contribution is 2.13. The van der Waals surface area contributed by atoms with Gasteiger partial charge in [-0.2, -0.15) is 0 Å². The molecule has 1 N–H and O–H groups in total. The van der Waals surface area contributed by atoms with Gasteiger partial charge < -0.3 is 48.4 Å². The van der Waals surface area contributed by atoms with Crippen molar-refractivity contribution in [2.75, 3.05) is 60.6 Å². The second-order valence-electron chi connectivity index (χ2n) is 12.9. The normalized spacial score (nSPS) is 10.6. The van der Waals surface area contributed by atoms with Gasteiger partial charge in [0.1, 0.15) is 64.8 Å². The van der Waals surface area contributed by atoms with Crippen LogP contribution in [0.15, 0.2) is 91.0 Å². The van der Waals surface area contributed by atoms with Crippen molar-refractivity contribution >= 4 is 42.1 Å². The van der Waals surface area contributed by atoms with Crippen molar-refractivity contribution < 1.29 is 62.0 Å². The summed E-state index contributed by atoms with van der Waals surface area (Å²) in [5.74, 6) is -3.42. The minimum Gasteiger partial charge on any atom is -0.462 e. The Balaban J connectivity index is 1.67. The topological polar surface area (TPSA) is 197 Å². The molecule has 3 aromatic rings. The summed E-state index contributed by atoms with van der Waals surface area (Å²) in [6.45, 7) is -2.40. The first kappa shape index (κ1) is 44.7. The van der Waals surface area contributed by atoms with Crippen LogP contribution in [0.3, 0.4) is 0 Å². The Morgan fingerprint density at radius 2 is 0.754 bits per heavy atom. The number of hydrogen-bond acceptors (Lipinski definition) is 13. The fourth-order valence-corrected chi connectivity index (χ4v) is 4.67. The van der Waals surface area contributed by atoms with Crippen LogP contribution in [0.5, 0.6) is 0 Å². The Morgan fingerprint density at radius 3 is 1.02 bits per heavy atom. The van der Waals surface area contributed by atoms with Gasteiger partial charge in [0.05, 0.1) is 0 Å². The van der Waals surface area contributed by atoms with E-state index in [2.05, 4.69) is 5.32 Å². The summed E-state index contributed by atoms with van der Waals surface area (Å²) in [5, 5.41) is 2.60. The Morgan fingerprint density at radius 1 is 0.474 bits per heavy atom. The van der Waals surface area contributed by atoms with Gasteiger partial charge in [0.25, 0.3) is 0 Å². The third-order valence-electron chi connectivity index (χ3n) is 7.90. The Hall–Kier alpha value is -6.65. The smallest absolute Gasteiger partial charge is 0.410 e. The van der Waals surface area contributed by atoms with Crippen molar-refractivity contribution in [3.8, 4) is 0 Å². The van der Waals surface area contributed by atoms with Crippen LogP contribution >= 0.6 is 0 Å². The van der Waals surface area contributed by atoms with Crippen molar-refractivity contribution in [1.29, 1.82) is 0 Å². The molecule has 0 atom stereocenters. The third-order valence-corrected chi connectivity index (χ3v) is 7.90. The van der Waals surface area contributed by atoms with Gasteiger partial charge in [0, 0.05) is 27.6 Å². The van der Waals surface area contributed by atoms with Crippen molar-refractivity contribution in [2.45, 2.75) is 38.7 Å². The zero-order valence-corrected chi connectivity index (χ0v) is 32.4. The van der Waals surface area contributed by atoms with E-state index >= 15 is 0 Å². The van der Waals surface area contributed by atoms with Crippen LogP contribution in [-0.4, -0.2) is 123 Å². The zero-order valence-electron chi connectivity index (χ0n) is 32.4. The average Bonchev–Trinajstić information content (AvgIpc) is 3.22. The lowest BCUT2D eigenvalue weighted by Crippen LogP contribution is -2.59. The first-order valence-corrected chi connectivity index (χ1v) is 17.8. The molecule has 0 aromatic heterocycles. The van der Waals surface area contributed by atoms with Gasteiger partial charge in [-0.3, -0.25) is 19.2 Å². The van der Waals surface area contributed by atoms with Crippen LogP contribution in [0.2, 0.25) is 0 Å². The standard InChI is InChI=1S/C40H48N4O13/c1-5-33(45)41-40(27-55-34(46)21-42(2)37(49)52-24-30-15-9-6-10-16-30,28-56-35(47)22-43(3)38(50)53-25-31-17-11-7-12-18-31)29-57-36(48)23-44(4)39(51)54-26-32-19-13-8-14-20-32/h6-20H,5,21-29H2,1-4H3,(H,41,45). The number of amides is 4. The summed E-state index contributed by atoms with van der Waals surface area (Å²) >= 11 is 0. The van der Waals surface area contributed by atoms with E-state index < -0.39 is 87.1 Å². The first-order valence-electron chi connectivity index (χ1n) is 17.8. The summed E-state index contributed by atoms with van der Waals surface area (Å²) < 4.78 is 32.0. The molecule has 0 fully saturated rings. The molecular formula is C40H48N4O13. The fraction of sp³-hybridized carbons (Fsp3) is 0.375. The molecular weight excluding hydrogens is 744 g/mol. The third kappa shape index (κ3) is 16.7. The Bertz CT molecular complexity index is 1590. The van der Waals surface area contributed by atoms with E-state index in [9.17, 15) is 33.6 Å². The number of nitrogens with zero attached hydrogens (tertiary/aromatic N) is 3. The Kier molecular flexibility index (Phi) is 18.3. The van der Waals surface area contributed by atoms with Crippen LogP contribution in [0, 0.1) is 0 Å². The van der Waals surface area contributed by atoms with Crippen LogP contribution in [-0.2, 0) is 67.4 Å². The largest absolute Gasteiger partial charge is 0.462 e. The number of carbonyl (C=O) groups excluding carboxylic acids is 7. The molecule has 0 heterocycles. The molecule has 0 aliphatic heterocycles. The van der Waals surface area contributed by atoms with Gasteiger partial charge in [0.15, 0.2) is 0 Å². The van der Waals surface area contributed by atoms with Crippen molar-refractivity contribution in [3.63, 3.8) is 0 Å². The van der Waals surface area contributed by atoms with E-state index in [1.807, 2.05) is 18.2 Å². The summed E-state index contributed by atoms with van der Waals surface area (Å²) in [5.41, 5.74) is 0.327. The second kappa shape index (κ2) is 23.3. The number of benzene rings is 3. The van der Waals surface area contributed by atoms with E-state index in [4.69, 9.17) is 28.4 Å². The Labute approximate surface area is 330 Å². The first-order chi connectivity index (χ1) is 27.3. The summed E-state index contributed by atoms with van der Waals surface area (Å²) in [6, 6.07) is 26.7. The SMILES string of the molecule is CCC(=O)NC(COC(=O)CN(C)C(=O)OCc1ccccc1)(COC(=O)CN(C)C(=O)OCc1ccccc1)COC(=O)CN(C)C(=O)OCc1ccccc1. The molecule has 0 aliphatic carbocycles. The molecule has 0 saturated carbocycles. The number of likely N-dealkylation sites (N-methyl/N-ethyl adjacent to an activating group) is 3. The molecule has 4 amide bonds. The van der Waals surface area contributed by atoms with E-state index in [1.165, 1.54) is 28.1 Å². The maximum absolute atomic E-state index is 13.0. The highest BCUT2D eigenvalue weighted by Gasteiger charge is 2.38. The summed E-state index contributed by atoms with van der Waals surface area (Å²) in [7, 11) is 3.94. The van der Waals surface area contributed by atoms with Gasteiger partial charge in [-0.05, 0) is 16.7 Å². The maximum Gasteiger partial charge on any atom is 0.410 e. The van der Waals surface area contributed by atoms with Gasteiger partial charge in [-0.1, -0.05) is 97.9 Å². The molecule has 3 aromatic carbocycles. The molecule has 57 heavy (non-hydrogen) atoms. The molecule has 0 radical (unpaired) electrons. The quantitative estimate of drug-likeness (QED) is 0.129. The lowest BCUT2D eigenvalue weighted by Gasteiger charge is -2.33. The number of esters is 3. The van der Waals surface area contributed by atoms with Crippen LogP contribution in [0.4, 0.5) is 14.4 Å². The lowest BCUT2D eigenvalue weighted by atomic mass is 10.0. The van der Waals surface area contributed by atoms with Crippen molar-refractivity contribution in [3.05, 3.63) is 108 Å². The number of nitrogens with one attached hydrogen (secondary N) is 1. The van der Waals surface area contributed by atoms with Gasteiger partial charge >= 0.3 is 36.2 Å². The molecule has 0 unspecified atom stereocenters. The number of rotatable bonds is 20. The molecule has 0 aliphatic rings. The highest BCUT2D eigenvalue weighted by molar-refractivity contribution is 5.80. The summed E-state index contributed by atoms with van der Waals surface area (Å²) in [6.07, 6.45) is -2.52. The predicted octanol–water partition coefficient (Wildman–Crippen LogP) is 3.69. The molecule has 306 valence electrons. The average molecular weight is 793 g/mol. The molecule has 0 spiro atoms. The molecule has 17 nitrogen and oxygen atoms in total. The van der Waals surface area contributed by atoms with Crippen LogP contribution < -0.4 is 5.32 Å². The number of ether oxygens (including phenoxy) is 6. The van der Waals surface area contributed by atoms with E-state index in [1.54, 1.807) is 72.8 Å². The van der Waals surface area contributed by atoms with Gasteiger partial charge in [-0.25, -0.2) is 14.4 Å². The maximum atomic E-state index is 13.0. The van der Waals surface area contributed by atoms with Gasteiger partial charge in [0.2, 0.25) is 5.91 Å².